The number of para-hydroxylation sites is 1. The van der Waals surface area contributed by atoms with Crippen LogP contribution in [0.4, 0.5) is 28.8 Å². The molecule has 214 valence electrons. The van der Waals surface area contributed by atoms with Crippen LogP contribution in [0.1, 0.15) is 38.5 Å². The molecule has 2 aliphatic rings. The van der Waals surface area contributed by atoms with Crippen LogP contribution in [0, 0.1) is 5.41 Å². The first-order chi connectivity index (χ1) is 19.3. The van der Waals surface area contributed by atoms with Crippen LogP contribution in [0.25, 0.3) is 0 Å². The van der Waals surface area contributed by atoms with Gasteiger partial charge in [0.2, 0.25) is 5.95 Å². The molecule has 2 aromatic carbocycles. The summed E-state index contributed by atoms with van der Waals surface area (Å²) < 4.78 is 5.80. The van der Waals surface area contributed by atoms with Crippen molar-refractivity contribution in [2.24, 2.45) is 5.41 Å². The standard InChI is InChI=1S/C31H42ClN6OP/c1-37(2)22-12-14-31(15-13-22)16-18-38(19-17-31)23-10-11-25(27(20-23)39-3)35-30-33-21-24(32)29(36-30)34-26-8-6-7-9-28(26)40(4)5/h6-11,20-22H,12-19H2,1-5H3,(H2,33,34,35,36). The first-order valence-corrected chi connectivity index (χ1v) is 16.8. The molecule has 1 spiro atoms. The van der Waals surface area contributed by atoms with E-state index in [9.17, 15) is 0 Å². The highest BCUT2D eigenvalue weighted by atomic mass is 35.5. The van der Waals surface area contributed by atoms with E-state index in [1.807, 2.05) is 6.07 Å². The fourth-order valence-corrected chi connectivity index (χ4v) is 7.32. The van der Waals surface area contributed by atoms with E-state index in [1.165, 1.54) is 49.5 Å². The largest absolute Gasteiger partial charge is 0.494 e. The van der Waals surface area contributed by atoms with E-state index in [4.69, 9.17) is 16.3 Å². The molecule has 0 radical (unpaired) electrons. The van der Waals surface area contributed by atoms with Gasteiger partial charge in [0, 0.05) is 36.6 Å². The van der Waals surface area contributed by atoms with Gasteiger partial charge in [-0.2, -0.15) is 4.98 Å². The zero-order valence-corrected chi connectivity index (χ0v) is 26.0. The molecule has 2 N–H and O–H groups in total. The molecule has 1 aliphatic carbocycles. The maximum absolute atomic E-state index is 6.48. The highest BCUT2D eigenvalue weighted by Gasteiger charge is 2.38. The first-order valence-electron chi connectivity index (χ1n) is 14.2. The maximum Gasteiger partial charge on any atom is 0.229 e. The Kier molecular flexibility index (Phi) is 9.04. The molecule has 0 unspecified atom stereocenters. The minimum atomic E-state index is -0.282. The van der Waals surface area contributed by atoms with E-state index in [2.05, 4.69) is 94.2 Å². The molecule has 0 atom stereocenters. The smallest absolute Gasteiger partial charge is 0.229 e. The lowest BCUT2D eigenvalue weighted by molar-refractivity contribution is 0.0924. The number of anilines is 5. The topological polar surface area (TPSA) is 65.6 Å². The first kappa shape index (κ1) is 28.9. The van der Waals surface area contributed by atoms with Gasteiger partial charge in [-0.3, -0.25) is 0 Å². The van der Waals surface area contributed by atoms with Crippen LogP contribution in [-0.4, -0.2) is 68.5 Å². The Morgan fingerprint density at radius 3 is 2.40 bits per heavy atom. The number of piperidine rings is 1. The number of rotatable bonds is 8. The molecular formula is C31H42ClN6OP. The monoisotopic (exact) mass is 580 g/mol. The lowest BCUT2D eigenvalue weighted by Crippen LogP contribution is -2.44. The fraction of sp³-hybridized carbons (Fsp3) is 0.484. The number of nitrogens with zero attached hydrogens (tertiary/aromatic N) is 4. The number of aromatic nitrogens is 2. The summed E-state index contributed by atoms with van der Waals surface area (Å²) in [7, 11) is 5.87. The highest BCUT2D eigenvalue weighted by Crippen LogP contribution is 2.46. The lowest BCUT2D eigenvalue weighted by Gasteiger charge is -2.47. The quantitative estimate of drug-likeness (QED) is 0.276. The SMILES string of the molecule is COc1cc(N2CCC3(CCC(N(C)C)CC3)CC2)ccc1Nc1ncc(Cl)c(Nc2ccccc2P(C)C)n1. The number of ether oxygens (including phenoxy) is 1. The van der Waals surface area contributed by atoms with Gasteiger partial charge in [-0.15, -0.1) is 0 Å². The van der Waals surface area contributed by atoms with Crippen molar-refractivity contribution in [2.75, 3.05) is 63.2 Å². The summed E-state index contributed by atoms with van der Waals surface area (Å²) >= 11 is 6.48. The van der Waals surface area contributed by atoms with E-state index in [0.29, 0.717) is 22.2 Å². The van der Waals surface area contributed by atoms with Crippen molar-refractivity contribution in [3.8, 4) is 5.75 Å². The van der Waals surface area contributed by atoms with Crippen LogP contribution < -0.4 is 25.6 Å². The molecule has 2 fully saturated rings. The van der Waals surface area contributed by atoms with E-state index in [0.717, 1.165) is 36.3 Å². The summed E-state index contributed by atoms with van der Waals surface area (Å²) in [6.45, 7) is 6.66. The number of nitrogens with one attached hydrogen (secondary N) is 2. The molecule has 2 heterocycles. The molecule has 1 saturated heterocycles. The van der Waals surface area contributed by atoms with E-state index >= 15 is 0 Å². The summed E-state index contributed by atoms with van der Waals surface area (Å²) in [5.74, 6) is 1.80. The Bertz CT molecular complexity index is 1300. The number of hydrogen-bond donors (Lipinski definition) is 2. The van der Waals surface area contributed by atoms with Gasteiger partial charge in [-0.25, -0.2) is 4.98 Å². The average molecular weight is 581 g/mol. The Morgan fingerprint density at radius 1 is 1.00 bits per heavy atom. The van der Waals surface area contributed by atoms with Crippen molar-refractivity contribution >= 4 is 53.7 Å². The van der Waals surface area contributed by atoms with Crippen LogP contribution in [0.15, 0.2) is 48.7 Å². The molecular weight excluding hydrogens is 539 g/mol. The van der Waals surface area contributed by atoms with Gasteiger partial charge < -0.3 is 25.2 Å². The third-order valence-electron chi connectivity index (χ3n) is 8.75. The summed E-state index contributed by atoms with van der Waals surface area (Å²) in [5.41, 5.74) is 3.57. The van der Waals surface area contributed by atoms with Crippen molar-refractivity contribution in [2.45, 2.75) is 44.6 Å². The third-order valence-corrected chi connectivity index (χ3v) is 10.4. The van der Waals surface area contributed by atoms with E-state index in [-0.39, 0.29) is 7.92 Å². The van der Waals surface area contributed by atoms with Crippen LogP contribution in [0.5, 0.6) is 5.75 Å². The van der Waals surface area contributed by atoms with Gasteiger partial charge in [0.1, 0.15) is 10.8 Å². The summed E-state index contributed by atoms with van der Waals surface area (Å²) in [6.07, 6.45) is 9.54. The maximum atomic E-state index is 6.48. The third kappa shape index (κ3) is 6.48. The highest BCUT2D eigenvalue weighted by molar-refractivity contribution is 7.64. The van der Waals surface area contributed by atoms with Crippen molar-refractivity contribution < 1.29 is 4.74 Å². The molecule has 1 aliphatic heterocycles. The zero-order chi connectivity index (χ0) is 28.3. The van der Waals surface area contributed by atoms with Gasteiger partial charge in [0.05, 0.1) is 19.0 Å². The molecule has 9 heteroatoms. The average Bonchev–Trinajstić information content (AvgIpc) is 2.96. The number of methoxy groups -OCH3 is 1. The molecule has 1 saturated carbocycles. The molecule has 3 aromatic rings. The van der Waals surface area contributed by atoms with Crippen LogP contribution >= 0.6 is 19.5 Å². The molecule has 0 bridgehead atoms. The van der Waals surface area contributed by atoms with Gasteiger partial charge in [0.25, 0.3) is 0 Å². The normalized spacial score (nSPS) is 17.4. The second-order valence-corrected chi connectivity index (χ2v) is 14.3. The lowest BCUT2D eigenvalue weighted by atomic mass is 9.67. The summed E-state index contributed by atoms with van der Waals surface area (Å²) in [4.78, 5) is 14.0. The summed E-state index contributed by atoms with van der Waals surface area (Å²) in [6, 6.07) is 15.4. The number of halogens is 1. The predicted molar refractivity (Wildman–Crippen MR) is 171 cm³/mol. The van der Waals surface area contributed by atoms with Crippen LogP contribution in [0.2, 0.25) is 5.02 Å². The zero-order valence-electron chi connectivity index (χ0n) is 24.4. The van der Waals surface area contributed by atoms with Crippen molar-refractivity contribution in [1.82, 2.24) is 14.9 Å². The van der Waals surface area contributed by atoms with Gasteiger partial charge in [-0.05, 0) is 94.9 Å². The molecule has 40 heavy (non-hydrogen) atoms. The fourth-order valence-electron chi connectivity index (χ4n) is 6.18. The van der Waals surface area contributed by atoms with Crippen LogP contribution in [-0.2, 0) is 0 Å². The predicted octanol–water partition coefficient (Wildman–Crippen LogP) is 7.08. The Balaban J connectivity index is 1.26. The van der Waals surface area contributed by atoms with Gasteiger partial charge in [0.15, 0.2) is 5.82 Å². The van der Waals surface area contributed by atoms with Crippen LogP contribution in [0.3, 0.4) is 0 Å². The Morgan fingerprint density at radius 2 is 1.73 bits per heavy atom. The van der Waals surface area contributed by atoms with E-state index < -0.39 is 0 Å². The number of hydrogen-bond acceptors (Lipinski definition) is 7. The van der Waals surface area contributed by atoms with Gasteiger partial charge in [-0.1, -0.05) is 37.7 Å². The van der Waals surface area contributed by atoms with Crippen molar-refractivity contribution in [1.29, 1.82) is 0 Å². The molecule has 7 nitrogen and oxygen atoms in total. The molecule has 5 rings (SSSR count). The minimum absolute atomic E-state index is 0.282. The van der Waals surface area contributed by atoms with Crippen molar-refractivity contribution in [3.63, 3.8) is 0 Å². The summed E-state index contributed by atoms with van der Waals surface area (Å²) in [5, 5.41) is 8.49. The Labute approximate surface area is 245 Å². The number of benzene rings is 2. The molecule has 1 aromatic heterocycles. The van der Waals surface area contributed by atoms with Crippen molar-refractivity contribution in [3.05, 3.63) is 53.7 Å². The van der Waals surface area contributed by atoms with Gasteiger partial charge >= 0.3 is 0 Å². The molecule has 0 amide bonds. The second-order valence-electron chi connectivity index (χ2n) is 11.6. The van der Waals surface area contributed by atoms with E-state index in [1.54, 1.807) is 13.3 Å². The Hall–Kier alpha value is -2.60. The minimum Gasteiger partial charge on any atom is -0.494 e. The second kappa shape index (κ2) is 12.5.